The maximum absolute atomic E-state index is 5.32. The first-order chi connectivity index (χ1) is 23.8. The molecular weight excluding hydrogens is 587 g/mol. The molecule has 10 aromatic rings. The second-order valence-electron chi connectivity index (χ2n) is 12.1. The molecule has 0 aliphatic carbocycles. The number of aromatic nitrogens is 5. The highest BCUT2D eigenvalue weighted by atomic mass is 15.2. The molecule has 0 atom stereocenters. The predicted octanol–water partition coefficient (Wildman–Crippen LogP) is 10.5. The number of rotatable bonds is 4. The molecule has 0 radical (unpaired) electrons. The summed E-state index contributed by atoms with van der Waals surface area (Å²) in [7, 11) is 0. The quantitative estimate of drug-likeness (QED) is 0.198. The van der Waals surface area contributed by atoms with Crippen molar-refractivity contribution >= 4 is 49.4 Å². The molecular formula is C43H27N5. The van der Waals surface area contributed by atoms with Crippen LogP contribution in [0, 0.1) is 0 Å². The number of hydrogen-bond donors (Lipinski definition) is 0. The highest BCUT2D eigenvalue weighted by molar-refractivity contribution is 6.11. The molecule has 0 aliphatic heterocycles. The van der Waals surface area contributed by atoms with Crippen LogP contribution in [0.15, 0.2) is 164 Å². The number of fused-ring (bicyclic) bond motifs is 8. The molecule has 6 aromatic carbocycles. The molecule has 4 aromatic heterocycles. The van der Waals surface area contributed by atoms with Gasteiger partial charge in [-0.1, -0.05) is 109 Å². The summed E-state index contributed by atoms with van der Waals surface area (Å²) in [5.41, 5.74) is 12.3. The van der Waals surface area contributed by atoms with E-state index in [1.54, 1.807) is 0 Å². The van der Waals surface area contributed by atoms with Crippen molar-refractivity contribution in [1.82, 2.24) is 23.9 Å². The van der Waals surface area contributed by atoms with E-state index in [4.69, 9.17) is 15.0 Å². The Morgan fingerprint density at radius 1 is 0.354 bits per heavy atom. The molecule has 0 fully saturated rings. The molecule has 0 spiro atoms. The van der Waals surface area contributed by atoms with Gasteiger partial charge in [0, 0.05) is 27.3 Å². The van der Waals surface area contributed by atoms with E-state index < -0.39 is 0 Å². The summed E-state index contributed by atoms with van der Waals surface area (Å²) in [5, 5.41) is 3.36. The van der Waals surface area contributed by atoms with Gasteiger partial charge in [-0.15, -0.1) is 0 Å². The van der Waals surface area contributed by atoms with Crippen LogP contribution in [-0.2, 0) is 0 Å². The largest absolute Gasteiger partial charge is 0.279 e. The van der Waals surface area contributed by atoms with Crippen LogP contribution in [0.4, 0.5) is 0 Å². The summed E-state index contributed by atoms with van der Waals surface area (Å²) in [4.78, 5) is 15.5. The lowest BCUT2D eigenvalue weighted by Gasteiger charge is -2.13. The Bertz CT molecular complexity index is 2770. The zero-order valence-corrected chi connectivity index (χ0v) is 25.8. The minimum atomic E-state index is 0.818. The zero-order chi connectivity index (χ0) is 31.6. The second-order valence-corrected chi connectivity index (χ2v) is 12.1. The van der Waals surface area contributed by atoms with Gasteiger partial charge < -0.3 is 0 Å². The van der Waals surface area contributed by atoms with Gasteiger partial charge >= 0.3 is 0 Å². The maximum Gasteiger partial charge on any atom is 0.221 e. The summed E-state index contributed by atoms with van der Waals surface area (Å²) >= 11 is 0. The third-order valence-electron chi connectivity index (χ3n) is 9.30. The first-order valence-corrected chi connectivity index (χ1v) is 16.1. The lowest BCUT2D eigenvalue weighted by atomic mass is 9.98. The molecule has 5 nitrogen and oxygen atoms in total. The van der Waals surface area contributed by atoms with E-state index in [1.165, 1.54) is 5.39 Å². The van der Waals surface area contributed by atoms with E-state index in [9.17, 15) is 0 Å². The van der Waals surface area contributed by atoms with Gasteiger partial charge in [0.15, 0.2) is 0 Å². The van der Waals surface area contributed by atoms with Gasteiger partial charge in [0.05, 0.1) is 39.0 Å². The molecule has 0 amide bonds. The smallest absolute Gasteiger partial charge is 0.221 e. The van der Waals surface area contributed by atoms with Gasteiger partial charge in [-0.2, -0.15) is 0 Å². The first-order valence-electron chi connectivity index (χ1n) is 16.1. The Balaban J connectivity index is 1.25. The Morgan fingerprint density at radius 3 is 1.67 bits per heavy atom. The zero-order valence-electron chi connectivity index (χ0n) is 25.8. The van der Waals surface area contributed by atoms with Gasteiger partial charge in [0.2, 0.25) is 5.95 Å². The molecule has 0 N–H and O–H groups in total. The Labute approximate surface area is 276 Å². The van der Waals surface area contributed by atoms with Crippen LogP contribution in [0.1, 0.15) is 0 Å². The van der Waals surface area contributed by atoms with Gasteiger partial charge in [-0.3, -0.25) is 8.97 Å². The van der Waals surface area contributed by atoms with Crippen LogP contribution in [0.25, 0.3) is 89.0 Å². The van der Waals surface area contributed by atoms with Gasteiger partial charge in [0.1, 0.15) is 5.65 Å². The third kappa shape index (κ3) is 4.08. The summed E-state index contributed by atoms with van der Waals surface area (Å²) < 4.78 is 4.50. The molecule has 5 heteroatoms. The SMILES string of the molecule is c1ccc(-c2cc(-c3ccc4c(c3)c3ccccc3n4-c3nc4ccccc4c4nc5ccccc5n34)cc(-c3ccccc3)n2)cc1. The number of nitrogens with zero attached hydrogens (tertiary/aromatic N) is 5. The van der Waals surface area contributed by atoms with Crippen molar-refractivity contribution in [3.8, 4) is 39.6 Å². The first kappa shape index (κ1) is 26.6. The van der Waals surface area contributed by atoms with Crippen LogP contribution < -0.4 is 0 Å². The number of benzene rings is 6. The van der Waals surface area contributed by atoms with Crippen LogP contribution in [0.5, 0.6) is 0 Å². The molecule has 0 bridgehead atoms. The molecule has 0 aliphatic rings. The molecule has 4 heterocycles. The Kier molecular flexibility index (Phi) is 5.81. The number of hydrogen-bond acceptors (Lipinski definition) is 3. The van der Waals surface area contributed by atoms with E-state index in [0.717, 1.165) is 83.6 Å². The molecule has 10 rings (SSSR count). The predicted molar refractivity (Wildman–Crippen MR) is 196 cm³/mol. The number of para-hydroxylation sites is 4. The maximum atomic E-state index is 5.32. The molecule has 224 valence electrons. The van der Waals surface area contributed by atoms with Crippen LogP contribution in [-0.4, -0.2) is 23.9 Å². The second kappa shape index (κ2) is 10.5. The van der Waals surface area contributed by atoms with E-state index >= 15 is 0 Å². The monoisotopic (exact) mass is 613 g/mol. The average Bonchev–Trinajstić information content (AvgIpc) is 3.71. The van der Waals surface area contributed by atoms with E-state index in [0.29, 0.717) is 0 Å². The normalized spacial score (nSPS) is 11.8. The van der Waals surface area contributed by atoms with E-state index in [2.05, 4.69) is 148 Å². The fraction of sp³-hybridized carbons (Fsp3) is 0. The fourth-order valence-corrected chi connectivity index (χ4v) is 7.06. The number of imidazole rings is 1. The van der Waals surface area contributed by atoms with Gasteiger partial charge in [0.25, 0.3) is 0 Å². The van der Waals surface area contributed by atoms with Crippen LogP contribution in [0.3, 0.4) is 0 Å². The topological polar surface area (TPSA) is 48.0 Å². The van der Waals surface area contributed by atoms with E-state index in [-0.39, 0.29) is 0 Å². The Morgan fingerprint density at radius 2 is 0.938 bits per heavy atom. The minimum Gasteiger partial charge on any atom is -0.279 e. The third-order valence-corrected chi connectivity index (χ3v) is 9.30. The molecule has 0 saturated carbocycles. The fourth-order valence-electron chi connectivity index (χ4n) is 7.06. The van der Waals surface area contributed by atoms with Crippen molar-refractivity contribution in [2.75, 3.05) is 0 Å². The molecule has 0 unspecified atom stereocenters. The van der Waals surface area contributed by atoms with Crippen LogP contribution >= 0.6 is 0 Å². The summed E-state index contributed by atoms with van der Waals surface area (Å²) in [6.45, 7) is 0. The van der Waals surface area contributed by atoms with Crippen molar-refractivity contribution in [2.45, 2.75) is 0 Å². The van der Waals surface area contributed by atoms with Crippen molar-refractivity contribution in [3.63, 3.8) is 0 Å². The lowest BCUT2D eigenvalue weighted by Crippen LogP contribution is -2.06. The minimum absolute atomic E-state index is 0.818. The summed E-state index contributed by atoms with van der Waals surface area (Å²) in [6, 6.07) is 57.2. The standard InChI is InChI=1S/C43H27N5/c1-3-13-28(14-4-1)37-26-31(27-38(44-37)29-15-5-2-6-16-29)30-23-24-40-34(25-30)32-17-8-11-21-39(32)47(40)43-46-35-19-9-7-18-33(35)42-45-36-20-10-12-22-41(36)48(42)43/h1-27H. The molecule has 0 saturated heterocycles. The van der Waals surface area contributed by atoms with Gasteiger partial charge in [-0.05, 0) is 65.7 Å². The van der Waals surface area contributed by atoms with Crippen molar-refractivity contribution < 1.29 is 0 Å². The summed E-state index contributed by atoms with van der Waals surface area (Å²) in [5.74, 6) is 0.818. The average molecular weight is 614 g/mol. The lowest BCUT2D eigenvalue weighted by molar-refractivity contribution is 0.979. The summed E-state index contributed by atoms with van der Waals surface area (Å²) in [6.07, 6.45) is 0. The van der Waals surface area contributed by atoms with Crippen LogP contribution in [0.2, 0.25) is 0 Å². The molecule has 48 heavy (non-hydrogen) atoms. The Hall–Kier alpha value is -6.59. The highest BCUT2D eigenvalue weighted by Crippen LogP contribution is 2.38. The van der Waals surface area contributed by atoms with Crippen molar-refractivity contribution in [1.29, 1.82) is 0 Å². The highest BCUT2D eigenvalue weighted by Gasteiger charge is 2.20. The number of pyridine rings is 1. The van der Waals surface area contributed by atoms with Crippen molar-refractivity contribution in [2.24, 2.45) is 0 Å². The van der Waals surface area contributed by atoms with E-state index in [1.807, 2.05) is 24.3 Å². The van der Waals surface area contributed by atoms with Crippen molar-refractivity contribution in [3.05, 3.63) is 164 Å². The van der Waals surface area contributed by atoms with Gasteiger partial charge in [-0.25, -0.2) is 15.0 Å².